The maximum Gasteiger partial charge on any atom is 0.300 e. The molecule has 0 bridgehead atoms. The standard InChI is InChI=1S/C24H17BrFNO3/c1-14-13-16(7-12-19(14)25)22(28)20-21(15-5-3-2-4-6-15)27(24(30)23(20)29)18-10-8-17(26)9-11-18/h2-13,21,28H,1H3/b22-20-. The normalized spacial score (nSPS) is 18.1. The molecule has 1 heterocycles. The molecule has 1 fully saturated rings. The Labute approximate surface area is 181 Å². The van der Waals surface area contributed by atoms with Crippen LogP contribution in [0.2, 0.25) is 0 Å². The molecule has 1 unspecified atom stereocenters. The van der Waals surface area contributed by atoms with E-state index in [0.29, 0.717) is 16.8 Å². The first-order valence-electron chi connectivity index (χ1n) is 9.26. The van der Waals surface area contributed by atoms with Crippen molar-refractivity contribution in [1.29, 1.82) is 0 Å². The third-order valence-corrected chi connectivity index (χ3v) is 5.99. The van der Waals surface area contributed by atoms with E-state index in [-0.39, 0.29) is 11.3 Å². The van der Waals surface area contributed by atoms with Gasteiger partial charge in [-0.1, -0.05) is 52.3 Å². The number of ketones is 1. The molecule has 1 atom stereocenters. The van der Waals surface area contributed by atoms with E-state index >= 15 is 0 Å². The van der Waals surface area contributed by atoms with Gasteiger partial charge in [-0.05, 0) is 54.4 Å². The molecule has 1 aliphatic rings. The van der Waals surface area contributed by atoms with Crippen molar-refractivity contribution < 1.29 is 19.1 Å². The number of amides is 1. The smallest absolute Gasteiger partial charge is 0.300 e. The number of rotatable bonds is 3. The average Bonchev–Trinajstić information content (AvgIpc) is 3.02. The lowest BCUT2D eigenvalue weighted by atomic mass is 9.95. The SMILES string of the molecule is Cc1cc(/C(O)=C2/C(=O)C(=O)N(c3ccc(F)cc3)C2c2ccccc2)ccc1Br. The van der Waals surface area contributed by atoms with Gasteiger partial charge in [0.25, 0.3) is 11.7 Å². The number of benzene rings is 3. The molecule has 3 aromatic carbocycles. The number of nitrogens with zero attached hydrogens (tertiary/aromatic N) is 1. The molecule has 0 radical (unpaired) electrons. The lowest BCUT2D eigenvalue weighted by molar-refractivity contribution is -0.132. The summed E-state index contributed by atoms with van der Waals surface area (Å²) in [4.78, 5) is 27.3. The molecule has 150 valence electrons. The van der Waals surface area contributed by atoms with E-state index in [1.807, 2.05) is 13.0 Å². The summed E-state index contributed by atoms with van der Waals surface area (Å²) in [6, 6.07) is 18.7. The van der Waals surface area contributed by atoms with Crippen molar-refractivity contribution in [1.82, 2.24) is 0 Å². The van der Waals surface area contributed by atoms with Gasteiger partial charge < -0.3 is 5.11 Å². The molecule has 4 nitrogen and oxygen atoms in total. The lowest BCUT2D eigenvalue weighted by Gasteiger charge is -2.25. The highest BCUT2D eigenvalue weighted by molar-refractivity contribution is 9.10. The quantitative estimate of drug-likeness (QED) is 0.314. The Kier molecular flexibility index (Phi) is 5.26. The summed E-state index contributed by atoms with van der Waals surface area (Å²) in [6.07, 6.45) is 0. The van der Waals surface area contributed by atoms with Crippen molar-refractivity contribution in [2.75, 3.05) is 4.90 Å². The molecule has 30 heavy (non-hydrogen) atoms. The lowest BCUT2D eigenvalue weighted by Crippen LogP contribution is -2.29. The number of carbonyl (C=O) groups excluding carboxylic acids is 2. The van der Waals surface area contributed by atoms with Crippen molar-refractivity contribution in [3.05, 3.63) is 105 Å². The van der Waals surface area contributed by atoms with E-state index < -0.39 is 23.5 Å². The van der Waals surface area contributed by atoms with Gasteiger partial charge in [0, 0.05) is 15.7 Å². The topological polar surface area (TPSA) is 57.6 Å². The van der Waals surface area contributed by atoms with Gasteiger partial charge in [0.2, 0.25) is 0 Å². The molecular weight excluding hydrogens is 449 g/mol. The summed E-state index contributed by atoms with van der Waals surface area (Å²) < 4.78 is 14.3. The Morgan fingerprint density at radius 1 is 1.00 bits per heavy atom. The maximum atomic E-state index is 13.4. The molecule has 1 aliphatic heterocycles. The van der Waals surface area contributed by atoms with Gasteiger partial charge in [0.1, 0.15) is 11.6 Å². The molecule has 1 saturated heterocycles. The van der Waals surface area contributed by atoms with E-state index in [1.165, 1.54) is 29.2 Å². The summed E-state index contributed by atoms with van der Waals surface area (Å²) in [6.45, 7) is 1.87. The molecule has 3 aromatic rings. The van der Waals surface area contributed by atoms with Gasteiger partial charge in [-0.15, -0.1) is 0 Å². The number of anilines is 1. The van der Waals surface area contributed by atoms with Crippen LogP contribution in [0.3, 0.4) is 0 Å². The summed E-state index contributed by atoms with van der Waals surface area (Å²) in [7, 11) is 0. The minimum Gasteiger partial charge on any atom is -0.507 e. The van der Waals surface area contributed by atoms with Crippen LogP contribution in [0.5, 0.6) is 0 Å². The summed E-state index contributed by atoms with van der Waals surface area (Å²) >= 11 is 3.42. The van der Waals surface area contributed by atoms with Crippen LogP contribution in [0.25, 0.3) is 5.76 Å². The van der Waals surface area contributed by atoms with E-state index in [2.05, 4.69) is 15.9 Å². The van der Waals surface area contributed by atoms with E-state index in [4.69, 9.17) is 0 Å². The van der Waals surface area contributed by atoms with E-state index in [1.54, 1.807) is 42.5 Å². The Balaban J connectivity index is 1.94. The van der Waals surface area contributed by atoms with Crippen LogP contribution in [-0.4, -0.2) is 16.8 Å². The minimum atomic E-state index is -0.833. The van der Waals surface area contributed by atoms with Gasteiger partial charge in [-0.25, -0.2) is 4.39 Å². The second kappa shape index (κ2) is 7.88. The molecule has 0 spiro atoms. The first-order valence-corrected chi connectivity index (χ1v) is 10.1. The number of halogens is 2. The summed E-state index contributed by atoms with van der Waals surface area (Å²) in [5.41, 5.74) is 2.35. The zero-order chi connectivity index (χ0) is 21.4. The molecule has 6 heteroatoms. The Bertz CT molecular complexity index is 1170. The van der Waals surface area contributed by atoms with Crippen molar-refractivity contribution in [2.45, 2.75) is 13.0 Å². The zero-order valence-electron chi connectivity index (χ0n) is 16.0. The number of hydrogen-bond acceptors (Lipinski definition) is 3. The highest BCUT2D eigenvalue weighted by Gasteiger charge is 2.46. The Morgan fingerprint density at radius 3 is 2.30 bits per heavy atom. The molecule has 1 N–H and O–H groups in total. The van der Waals surface area contributed by atoms with Crippen molar-refractivity contribution in [3.63, 3.8) is 0 Å². The van der Waals surface area contributed by atoms with Crippen LogP contribution in [0.1, 0.15) is 22.7 Å². The molecule has 0 aliphatic carbocycles. The highest BCUT2D eigenvalue weighted by atomic mass is 79.9. The Morgan fingerprint density at radius 2 is 1.67 bits per heavy atom. The molecule has 4 rings (SSSR count). The van der Waals surface area contributed by atoms with Crippen LogP contribution in [0.4, 0.5) is 10.1 Å². The van der Waals surface area contributed by atoms with Gasteiger partial charge in [0.15, 0.2) is 0 Å². The van der Waals surface area contributed by atoms with Crippen LogP contribution in [-0.2, 0) is 9.59 Å². The summed E-state index contributed by atoms with van der Waals surface area (Å²) in [5, 5.41) is 11.1. The minimum absolute atomic E-state index is 0.00255. The Hall–Kier alpha value is -3.25. The first-order chi connectivity index (χ1) is 14.4. The second-order valence-electron chi connectivity index (χ2n) is 7.02. The molecule has 0 aromatic heterocycles. The van der Waals surface area contributed by atoms with Crippen LogP contribution >= 0.6 is 15.9 Å². The van der Waals surface area contributed by atoms with Crippen LogP contribution in [0, 0.1) is 12.7 Å². The molecular formula is C24H17BrFNO3. The first kappa shape index (κ1) is 20.0. The summed E-state index contributed by atoms with van der Waals surface area (Å²) in [5.74, 6) is -2.25. The average molecular weight is 466 g/mol. The van der Waals surface area contributed by atoms with Crippen molar-refractivity contribution >= 4 is 39.1 Å². The fourth-order valence-corrected chi connectivity index (χ4v) is 3.85. The van der Waals surface area contributed by atoms with Gasteiger partial charge in [-0.2, -0.15) is 0 Å². The maximum absolute atomic E-state index is 13.4. The largest absolute Gasteiger partial charge is 0.507 e. The predicted molar refractivity (Wildman–Crippen MR) is 117 cm³/mol. The highest BCUT2D eigenvalue weighted by Crippen LogP contribution is 2.42. The van der Waals surface area contributed by atoms with E-state index in [9.17, 15) is 19.1 Å². The third-order valence-electron chi connectivity index (χ3n) is 5.10. The van der Waals surface area contributed by atoms with Gasteiger partial charge in [0.05, 0.1) is 11.6 Å². The predicted octanol–water partition coefficient (Wildman–Crippen LogP) is 5.52. The number of hydrogen-bond donors (Lipinski definition) is 1. The van der Waals surface area contributed by atoms with Gasteiger partial charge in [-0.3, -0.25) is 14.5 Å². The number of aliphatic hydroxyl groups excluding tert-OH is 1. The monoisotopic (exact) mass is 465 g/mol. The van der Waals surface area contributed by atoms with Crippen molar-refractivity contribution in [3.8, 4) is 0 Å². The van der Waals surface area contributed by atoms with Gasteiger partial charge >= 0.3 is 0 Å². The second-order valence-corrected chi connectivity index (χ2v) is 7.87. The number of Topliss-reactive ketones (excluding diaryl/α,β-unsaturated/α-hetero) is 1. The fourth-order valence-electron chi connectivity index (χ4n) is 3.60. The van der Waals surface area contributed by atoms with Crippen LogP contribution < -0.4 is 4.90 Å². The third kappa shape index (κ3) is 3.44. The van der Waals surface area contributed by atoms with E-state index in [0.717, 1.165) is 10.0 Å². The zero-order valence-corrected chi connectivity index (χ0v) is 17.6. The molecule has 1 amide bonds. The van der Waals surface area contributed by atoms with Crippen LogP contribution in [0.15, 0.2) is 82.8 Å². The number of carbonyl (C=O) groups is 2. The molecule has 0 saturated carbocycles. The van der Waals surface area contributed by atoms with Crippen molar-refractivity contribution in [2.24, 2.45) is 0 Å². The number of aryl methyl sites for hydroxylation is 1. The number of aliphatic hydroxyl groups is 1. The fraction of sp³-hybridized carbons (Fsp3) is 0.0833.